The molecular weight excluding hydrogens is 384 g/mol. The largest absolute Gasteiger partial charge is 0.450 e. The number of esters is 1. The molecule has 0 aliphatic heterocycles. The third kappa shape index (κ3) is 3.47. The van der Waals surface area contributed by atoms with E-state index in [4.69, 9.17) is 4.74 Å². The van der Waals surface area contributed by atoms with Crippen molar-refractivity contribution in [3.63, 3.8) is 0 Å². The highest BCUT2D eigenvalue weighted by atomic mass is 16.5. The van der Waals surface area contributed by atoms with Gasteiger partial charge in [-0.3, -0.25) is 9.59 Å². The smallest absolute Gasteiger partial charge is 0.360 e. The molecule has 0 bridgehead atoms. The maximum absolute atomic E-state index is 12.9. The minimum absolute atomic E-state index is 0.0497. The lowest BCUT2D eigenvalue weighted by Crippen LogP contribution is -2.27. The van der Waals surface area contributed by atoms with Gasteiger partial charge in [0.25, 0.3) is 11.1 Å². The van der Waals surface area contributed by atoms with Gasteiger partial charge in [-0.15, -0.1) is 0 Å². The molecule has 0 fully saturated rings. The van der Waals surface area contributed by atoms with Crippen LogP contribution in [0.25, 0.3) is 21.7 Å². The second-order valence-corrected chi connectivity index (χ2v) is 6.94. The molecule has 0 aliphatic rings. The Hall–Kier alpha value is -3.81. The standard InChI is InChI=1S/C22H20N4O4/c1-3-12-26-21(28)15-9-5-4-8-14(15)18(25-26)22(29)30-13(2)19-23-17-11-7-6-10-16(17)20(27)24-19/h4-11,13H,3,12H2,1-2H3,(H,23,24,27)/t13-/m0/s1. The van der Waals surface area contributed by atoms with E-state index in [1.165, 1.54) is 4.68 Å². The van der Waals surface area contributed by atoms with Crippen molar-refractivity contribution < 1.29 is 9.53 Å². The Labute approximate surface area is 171 Å². The van der Waals surface area contributed by atoms with Gasteiger partial charge in [-0.25, -0.2) is 14.5 Å². The average Bonchev–Trinajstić information content (AvgIpc) is 2.75. The summed E-state index contributed by atoms with van der Waals surface area (Å²) in [6.45, 7) is 3.93. The van der Waals surface area contributed by atoms with Crippen molar-refractivity contribution in [2.24, 2.45) is 0 Å². The first kappa shape index (κ1) is 19.5. The highest BCUT2D eigenvalue weighted by Gasteiger charge is 2.22. The van der Waals surface area contributed by atoms with Crippen LogP contribution in [-0.2, 0) is 11.3 Å². The highest BCUT2D eigenvalue weighted by molar-refractivity contribution is 6.02. The van der Waals surface area contributed by atoms with Gasteiger partial charge in [-0.2, -0.15) is 5.10 Å². The lowest BCUT2D eigenvalue weighted by molar-refractivity contribution is 0.0312. The Morgan fingerprint density at radius 3 is 2.47 bits per heavy atom. The third-order valence-corrected chi connectivity index (χ3v) is 4.80. The SMILES string of the molecule is CCCn1nc(C(=O)O[C@@H](C)c2nc3ccccc3c(=O)[nH]2)c2ccccc2c1=O. The van der Waals surface area contributed by atoms with Crippen LogP contribution in [-0.4, -0.2) is 25.7 Å². The average molecular weight is 404 g/mol. The number of aromatic amines is 1. The molecule has 4 rings (SSSR count). The van der Waals surface area contributed by atoms with Gasteiger partial charge in [-0.05, 0) is 31.5 Å². The summed E-state index contributed by atoms with van der Waals surface area (Å²) < 4.78 is 6.84. The number of hydrogen-bond acceptors (Lipinski definition) is 6. The Balaban J connectivity index is 1.72. The molecule has 1 atom stereocenters. The summed E-state index contributed by atoms with van der Waals surface area (Å²) in [5.41, 5.74) is 0.00370. The van der Waals surface area contributed by atoms with Crippen LogP contribution in [0.1, 0.15) is 42.7 Å². The molecule has 30 heavy (non-hydrogen) atoms. The maximum atomic E-state index is 12.9. The molecule has 2 aromatic carbocycles. The van der Waals surface area contributed by atoms with E-state index in [1.54, 1.807) is 55.5 Å². The highest BCUT2D eigenvalue weighted by Crippen LogP contribution is 2.19. The summed E-state index contributed by atoms with van der Waals surface area (Å²) in [7, 11) is 0. The Morgan fingerprint density at radius 1 is 1.07 bits per heavy atom. The number of nitrogens with zero attached hydrogens (tertiary/aromatic N) is 3. The van der Waals surface area contributed by atoms with Crippen molar-refractivity contribution in [2.75, 3.05) is 0 Å². The number of aryl methyl sites for hydroxylation is 1. The first-order valence-corrected chi connectivity index (χ1v) is 9.69. The van der Waals surface area contributed by atoms with Crippen LogP contribution in [0, 0.1) is 0 Å². The topological polar surface area (TPSA) is 107 Å². The fourth-order valence-corrected chi connectivity index (χ4v) is 3.32. The second-order valence-electron chi connectivity index (χ2n) is 6.94. The quantitative estimate of drug-likeness (QED) is 0.513. The molecule has 1 N–H and O–H groups in total. The second kappa shape index (κ2) is 7.90. The summed E-state index contributed by atoms with van der Waals surface area (Å²) in [5.74, 6) is -0.461. The minimum atomic E-state index is -0.818. The van der Waals surface area contributed by atoms with Crippen molar-refractivity contribution in [1.82, 2.24) is 19.7 Å². The van der Waals surface area contributed by atoms with Crippen LogP contribution < -0.4 is 11.1 Å². The van der Waals surface area contributed by atoms with Crippen LogP contribution in [0.2, 0.25) is 0 Å². The summed E-state index contributed by atoms with van der Waals surface area (Å²) in [6, 6.07) is 13.7. The number of ether oxygens (including phenoxy) is 1. The van der Waals surface area contributed by atoms with Gasteiger partial charge in [0.1, 0.15) is 0 Å². The number of H-pyrrole nitrogens is 1. The molecule has 2 heterocycles. The van der Waals surface area contributed by atoms with Crippen LogP contribution in [0.15, 0.2) is 58.1 Å². The van der Waals surface area contributed by atoms with E-state index in [9.17, 15) is 14.4 Å². The zero-order valence-corrected chi connectivity index (χ0v) is 16.6. The molecule has 0 amide bonds. The number of hydrogen-bond donors (Lipinski definition) is 1. The number of fused-ring (bicyclic) bond motifs is 2. The number of carbonyl (C=O) groups excluding carboxylic acids is 1. The number of rotatable bonds is 5. The van der Waals surface area contributed by atoms with Crippen molar-refractivity contribution in [2.45, 2.75) is 32.9 Å². The molecule has 0 aliphatic carbocycles. The predicted molar refractivity (Wildman–Crippen MR) is 112 cm³/mol. The fourth-order valence-electron chi connectivity index (χ4n) is 3.32. The molecule has 8 heteroatoms. The Bertz CT molecular complexity index is 1370. The van der Waals surface area contributed by atoms with E-state index in [-0.39, 0.29) is 22.6 Å². The third-order valence-electron chi connectivity index (χ3n) is 4.80. The van der Waals surface area contributed by atoms with Gasteiger partial charge in [0, 0.05) is 11.9 Å². The normalized spacial score (nSPS) is 12.2. The Morgan fingerprint density at radius 2 is 1.73 bits per heavy atom. The lowest BCUT2D eigenvalue weighted by Gasteiger charge is -2.14. The van der Waals surface area contributed by atoms with E-state index >= 15 is 0 Å². The molecule has 4 aromatic rings. The molecule has 152 valence electrons. The molecule has 2 aromatic heterocycles. The van der Waals surface area contributed by atoms with Gasteiger partial charge >= 0.3 is 5.97 Å². The molecule has 0 saturated carbocycles. The van der Waals surface area contributed by atoms with E-state index in [0.717, 1.165) is 0 Å². The van der Waals surface area contributed by atoms with Crippen LogP contribution in [0.3, 0.4) is 0 Å². The van der Waals surface area contributed by atoms with Crippen molar-refractivity contribution >= 4 is 27.6 Å². The summed E-state index contributed by atoms with van der Waals surface area (Å²) in [6.07, 6.45) is -0.125. The summed E-state index contributed by atoms with van der Waals surface area (Å²) in [4.78, 5) is 44.9. The maximum Gasteiger partial charge on any atom is 0.360 e. The molecule has 0 radical (unpaired) electrons. The summed E-state index contributed by atoms with van der Waals surface area (Å²) >= 11 is 0. The van der Waals surface area contributed by atoms with Gasteiger partial charge in [0.05, 0.1) is 16.3 Å². The van der Waals surface area contributed by atoms with Crippen LogP contribution >= 0.6 is 0 Å². The number of aromatic nitrogens is 4. The van der Waals surface area contributed by atoms with Crippen molar-refractivity contribution in [1.29, 1.82) is 0 Å². The number of para-hydroxylation sites is 1. The van der Waals surface area contributed by atoms with E-state index in [2.05, 4.69) is 15.1 Å². The molecule has 0 saturated heterocycles. The van der Waals surface area contributed by atoms with Gasteiger partial charge in [0.2, 0.25) is 0 Å². The van der Waals surface area contributed by atoms with Gasteiger partial charge < -0.3 is 9.72 Å². The lowest BCUT2D eigenvalue weighted by atomic mass is 10.1. The zero-order chi connectivity index (χ0) is 21.3. The fraction of sp³-hybridized carbons (Fsp3) is 0.227. The molecular formula is C22H20N4O4. The number of carbonyl (C=O) groups is 1. The van der Waals surface area contributed by atoms with E-state index in [0.29, 0.717) is 34.6 Å². The van der Waals surface area contributed by atoms with Gasteiger partial charge in [0.15, 0.2) is 17.6 Å². The monoisotopic (exact) mass is 404 g/mol. The zero-order valence-electron chi connectivity index (χ0n) is 16.6. The summed E-state index contributed by atoms with van der Waals surface area (Å²) in [5, 5.41) is 5.52. The molecule has 8 nitrogen and oxygen atoms in total. The van der Waals surface area contributed by atoms with Gasteiger partial charge in [-0.1, -0.05) is 37.3 Å². The van der Waals surface area contributed by atoms with Crippen molar-refractivity contribution in [3.8, 4) is 0 Å². The van der Waals surface area contributed by atoms with Crippen molar-refractivity contribution in [3.05, 3.63) is 80.8 Å². The first-order valence-electron chi connectivity index (χ1n) is 9.69. The van der Waals surface area contributed by atoms with E-state index in [1.807, 2.05) is 6.92 Å². The Kier molecular flexibility index (Phi) is 5.14. The minimum Gasteiger partial charge on any atom is -0.450 e. The van der Waals surface area contributed by atoms with Crippen LogP contribution in [0.5, 0.6) is 0 Å². The first-order chi connectivity index (χ1) is 14.5. The predicted octanol–water partition coefficient (Wildman–Crippen LogP) is 2.96. The van der Waals surface area contributed by atoms with Crippen LogP contribution in [0.4, 0.5) is 0 Å². The molecule has 0 unspecified atom stereocenters. The molecule has 0 spiro atoms. The van der Waals surface area contributed by atoms with E-state index < -0.39 is 12.1 Å². The number of benzene rings is 2. The number of nitrogens with one attached hydrogen (secondary N) is 1.